The smallest absolute Gasteiger partial charge is 0.251 e. The Morgan fingerprint density at radius 2 is 1.81 bits per heavy atom. The van der Waals surface area contributed by atoms with E-state index in [1.807, 2.05) is 43.0 Å². The van der Waals surface area contributed by atoms with Gasteiger partial charge in [0, 0.05) is 72.9 Å². The summed E-state index contributed by atoms with van der Waals surface area (Å²) in [6, 6.07) is 17.5. The van der Waals surface area contributed by atoms with Gasteiger partial charge in [-0.15, -0.1) is 0 Å². The van der Waals surface area contributed by atoms with Gasteiger partial charge >= 0.3 is 0 Å². The van der Waals surface area contributed by atoms with Crippen LogP contribution in [-0.4, -0.2) is 117 Å². The number of carbonyl (C=O) groups is 6. The number of nitrogens with one attached hydrogen (secondary N) is 4. The molecule has 5 amide bonds. The summed E-state index contributed by atoms with van der Waals surface area (Å²) in [5, 5.41) is 11.5. The number of amides is 5. The number of nitrogens with zero attached hydrogens (tertiary/aromatic N) is 5. The minimum absolute atomic E-state index is 0.0929. The highest BCUT2D eigenvalue weighted by Crippen LogP contribution is 2.34. The zero-order chi connectivity index (χ0) is 45.7. The van der Waals surface area contributed by atoms with E-state index in [-0.39, 0.29) is 48.9 Å². The van der Waals surface area contributed by atoms with Crippen molar-refractivity contribution >= 4 is 75.7 Å². The molecule has 2 heterocycles. The Morgan fingerprint density at radius 1 is 1.06 bits per heavy atom. The highest BCUT2D eigenvalue weighted by molar-refractivity contribution is 9.10. The highest BCUT2D eigenvalue weighted by Gasteiger charge is 2.40. The fourth-order valence-corrected chi connectivity index (χ4v) is 7.78. The molecule has 0 spiro atoms. The van der Waals surface area contributed by atoms with E-state index in [9.17, 15) is 28.8 Å². The van der Waals surface area contributed by atoms with Crippen molar-refractivity contribution < 1.29 is 33.5 Å². The van der Waals surface area contributed by atoms with Crippen molar-refractivity contribution in [3.05, 3.63) is 99.3 Å². The first-order valence-electron chi connectivity index (χ1n) is 20.8. The van der Waals surface area contributed by atoms with Gasteiger partial charge in [0.1, 0.15) is 23.4 Å². The van der Waals surface area contributed by atoms with Crippen molar-refractivity contribution in [2.24, 2.45) is 15.4 Å². The third-order valence-corrected chi connectivity index (χ3v) is 11.4. The number of amidine groups is 1. The van der Waals surface area contributed by atoms with Crippen molar-refractivity contribution in [1.82, 2.24) is 30.7 Å². The molecule has 63 heavy (non-hydrogen) atoms. The molecule has 0 saturated carbocycles. The van der Waals surface area contributed by atoms with Crippen LogP contribution in [0.3, 0.4) is 0 Å². The van der Waals surface area contributed by atoms with Crippen LogP contribution in [0.15, 0.2) is 87.0 Å². The normalized spacial score (nSPS) is 17.7. The number of benzene rings is 3. The van der Waals surface area contributed by atoms with Crippen LogP contribution in [0.2, 0.25) is 0 Å². The minimum atomic E-state index is -0.751. The Balaban J connectivity index is 1.13. The van der Waals surface area contributed by atoms with Gasteiger partial charge in [-0.3, -0.25) is 44.0 Å². The van der Waals surface area contributed by atoms with Crippen LogP contribution in [0.25, 0.3) is 0 Å². The predicted molar refractivity (Wildman–Crippen MR) is 246 cm³/mol. The lowest BCUT2D eigenvalue weighted by molar-refractivity contribution is -0.138. The van der Waals surface area contributed by atoms with Crippen LogP contribution in [0, 0.1) is 5.41 Å². The van der Waals surface area contributed by atoms with E-state index >= 15 is 0 Å². The number of ether oxygens (including phenoxy) is 1. The fraction of sp³-hybridized carbons (Fsp3) is 0.391. The molecule has 0 radical (unpaired) electrons. The van der Waals surface area contributed by atoms with Gasteiger partial charge in [-0.1, -0.05) is 40.2 Å². The highest BCUT2D eigenvalue weighted by atomic mass is 79.9. The Kier molecular flexibility index (Phi) is 17.0. The molecule has 0 aromatic heterocycles. The Hall–Kier alpha value is -6.04. The van der Waals surface area contributed by atoms with E-state index in [1.54, 1.807) is 60.3 Å². The number of hydrogen-bond acceptors (Lipinski definition) is 11. The maximum Gasteiger partial charge on any atom is 0.251 e. The van der Waals surface area contributed by atoms with Crippen molar-refractivity contribution in [3.8, 4) is 5.75 Å². The van der Waals surface area contributed by atoms with Gasteiger partial charge in [0.15, 0.2) is 5.84 Å². The minimum Gasteiger partial charge on any atom is -0.494 e. The molecule has 0 aliphatic carbocycles. The van der Waals surface area contributed by atoms with E-state index < -0.39 is 11.5 Å². The van der Waals surface area contributed by atoms with Crippen LogP contribution in [0.1, 0.15) is 77.8 Å². The fourth-order valence-electron chi connectivity index (χ4n) is 7.52. The third kappa shape index (κ3) is 12.8. The van der Waals surface area contributed by atoms with E-state index in [2.05, 4.69) is 48.9 Å². The molecule has 3 aromatic rings. The molecule has 17 heteroatoms. The molecule has 3 aromatic carbocycles. The first-order chi connectivity index (χ1) is 30.1. The van der Waals surface area contributed by atoms with E-state index in [1.165, 1.54) is 13.3 Å². The van der Waals surface area contributed by atoms with E-state index in [4.69, 9.17) is 9.73 Å². The van der Waals surface area contributed by atoms with Crippen LogP contribution < -0.4 is 26.0 Å². The van der Waals surface area contributed by atoms with Crippen molar-refractivity contribution in [1.29, 1.82) is 0 Å². The zero-order valence-electron chi connectivity index (χ0n) is 36.5. The number of rotatable bonds is 19. The first kappa shape index (κ1) is 48.0. The third-order valence-electron chi connectivity index (χ3n) is 10.9. The molecule has 2 aliphatic heterocycles. The average molecular weight is 927 g/mol. The number of carbonyl (C=O) groups excluding carboxylic acids is 6. The lowest BCUT2D eigenvalue weighted by Crippen LogP contribution is -2.51. The Labute approximate surface area is 376 Å². The van der Waals surface area contributed by atoms with Gasteiger partial charge in [-0.05, 0) is 102 Å². The second-order valence-corrected chi connectivity index (χ2v) is 17.0. The molecule has 2 aliphatic rings. The monoisotopic (exact) mass is 925 g/mol. The summed E-state index contributed by atoms with van der Waals surface area (Å²) in [5.74, 6) is -0.393. The maximum absolute atomic E-state index is 13.6. The largest absolute Gasteiger partial charge is 0.494 e. The molecule has 334 valence electrons. The van der Waals surface area contributed by atoms with Crippen LogP contribution >= 0.6 is 15.9 Å². The summed E-state index contributed by atoms with van der Waals surface area (Å²) in [4.78, 5) is 90.0. The predicted octanol–water partition coefficient (Wildman–Crippen LogP) is 5.21. The molecule has 4 N–H and O–H groups in total. The lowest BCUT2D eigenvalue weighted by Gasteiger charge is -2.30. The Morgan fingerprint density at radius 3 is 2.51 bits per heavy atom. The summed E-state index contributed by atoms with van der Waals surface area (Å²) < 4.78 is 6.68. The number of methoxy groups -OCH3 is 1. The van der Waals surface area contributed by atoms with Crippen molar-refractivity contribution in [2.45, 2.75) is 65.1 Å². The number of aliphatic imine (C=N–C) groups is 2. The second-order valence-electron chi connectivity index (χ2n) is 16.1. The van der Waals surface area contributed by atoms with Crippen LogP contribution in [0.5, 0.6) is 5.75 Å². The summed E-state index contributed by atoms with van der Waals surface area (Å²) in [5.41, 5.74) is 3.09. The van der Waals surface area contributed by atoms with Gasteiger partial charge in [-0.2, -0.15) is 0 Å². The molecule has 2 fully saturated rings. The van der Waals surface area contributed by atoms with Crippen molar-refractivity contribution in [3.63, 3.8) is 0 Å². The van der Waals surface area contributed by atoms with Gasteiger partial charge in [0.2, 0.25) is 23.6 Å². The molecular weight excluding hydrogens is 870 g/mol. The summed E-state index contributed by atoms with van der Waals surface area (Å²) in [7, 11) is 4.96. The molecule has 1 atom stereocenters. The molecular formula is C46H56BrN9O7. The van der Waals surface area contributed by atoms with E-state index in [0.717, 1.165) is 16.3 Å². The summed E-state index contributed by atoms with van der Waals surface area (Å²) in [6.45, 7) is 10.1. The summed E-state index contributed by atoms with van der Waals surface area (Å²) in [6.07, 6.45) is 4.29. The van der Waals surface area contributed by atoms with E-state index in [0.29, 0.717) is 97.3 Å². The molecule has 16 nitrogen and oxygen atoms in total. The maximum atomic E-state index is 13.6. The number of hydrogen-bond donors (Lipinski definition) is 4. The van der Waals surface area contributed by atoms with Gasteiger partial charge in [0.05, 0.1) is 24.8 Å². The topological polar surface area (TPSA) is 194 Å². The van der Waals surface area contributed by atoms with Crippen LogP contribution in [0.4, 0.5) is 11.4 Å². The van der Waals surface area contributed by atoms with Gasteiger partial charge < -0.3 is 30.5 Å². The lowest BCUT2D eigenvalue weighted by atomic mass is 9.91. The number of piperidine rings is 1. The van der Waals surface area contributed by atoms with Gasteiger partial charge in [-0.25, -0.2) is 4.99 Å². The second kappa shape index (κ2) is 22.4. The Bertz CT molecular complexity index is 2260. The SMILES string of the molecule is C=NC=C1C(=Nc2ccc(C(=O)NCCCNCCCC(=O)Nc3cccc(C=O)c3CN(C)C3CCC(=O)NC3=O)cc2OC)N(Cc2ccc(Br)cc2)CC(C)(C)C(=O)N1C. The number of likely N-dealkylation sites (N-methyl/N-ethyl adjacent to an activating group) is 2. The number of aldehydes is 1. The standard InChI is InChI=1S/C46H56BrN9O7/c1-46(2)29-56(26-30-13-16-33(47)17-14-30)42(38(25-48-3)55(5)45(46)62)52-36-18-15-31(24-39(36)63-6)43(60)50-23-9-22-49-21-8-12-40(58)51-35-11-7-10-32(28-57)34(35)27-54(4)37-19-20-41(59)53-44(37)61/h7,10-11,13-18,24-25,28,37,49H,3,8-9,12,19-23,26-27,29H2,1-2,4-6H3,(H,50,60)(H,51,58)(H,53,59,61). The number of anilines is 1. The number of halogens is 1. The molecule has 1 unspecified atom stereocenters. The van der Waals surface area contributed by atoms with Gasteiger partial charge in [0.25, 0.3) is 5.91 Å². The first-order valence-corrected chi connectivity index (χ1v) is 21.6. The molecule has 5 rings (SSSR count). The van der Waals surface area contributed by atoms with Crippen LogP contribution in [-0.2, 0) is 32.3 Å². The quantitative estimate of drug-likeness (QED) is 0.0537. The number of imide groups is 1. The molecule has 0 bridgehead atoms. The van der Waals surface area contributed by atoms with Crippen molar-refractivity contribution in [2.75, 3.05) is 52.7 Å². The summed E-state index contributed by atoms with van der Waals surface area (Å²) >= 11 is 3.50. The average Bonchev–Trinajstić information content (AvgIpc) is 3.31. The zero-order valence-corrected chi connectivity index (χ0v) is 38.0. The molecule has 2 saturated heterocycles.